The summed E-state index contributed by atoms with van der Waals surface area (Å²) in [5, 5.41) is 9.45. The van der Waals surface area contributed by atoms with Gasteiger partial charge in [0.05, 0.1) is 6.10 Å². The Kier molecular flexibility index (Phi) is 12.2. The molecule has 0 saturated carbocycles. The number of β-amino-alcohol motifs (C(OH)–C–C–N with tert-alkyl or cyclic N) is 1. The number of aliphatic hydroxyl groups is 1. The fraction of sp³-hybridized carbons (Fsp3) is 1.00. The number of hydrogen-bond donors (Lipinski definition) is 1. The summed E-state index contributed by atoms with van der Waals surface area (Å²) in [5.74, 6) is 0. The van der Waals surface area contributed by atoms with Crippen molar-refractivity contribution in [1.82, 2.24) is 4.90 Å². The number of rotatable bonds is 5. The number of aliphatic hydroxyl groups excluding tert-OH is 1. The Bertz CT molecular complexity index is 131. The topological polar surface area (TPSA) is 23.5 Å². The largest absolute Gasteiger partial charge is 0.392 e. The summed E-state index contributed by atoms with van der Waals surface area (Å²) in [5.41, 5.74) is 0.205. The molecule has 0 saturated heterocycles. The molecular formula is C10H23I2NO. The Hall–Kier alpha value is 1.38. The van der Waals surface area contributed by atoms with E-state index in [1.54, 1.807) is 0 Å². The molecule has 0 aliphatic heterocycles. The van der Waals surface area contributed by atoms with E-state index in [1.807, 2.05) is 6.92 Å². The van der Waals surface area contributed by atoms with Gasteiger partial charge in [-0.15, -0.1) is 0 Å². The first-order valence-corrected chi connectivity index (χ1v) is 11.3. The second-order valence-corrected chi connectivity index (χ2v) is 4.11. The maximum Gasteiger partial charge on any atom is 0.0664 e. The zero-order chi connectivity index (χ0) is 11.8. The first kappa shape index (κ1) is 17.8. The summed E-state index contributed by atoms with van der Waals surface area (Å²) in [4.78, 5) is 2.22. The lowest BCUT2D eigenvalue weighted by atomic mass is 9.99. The third-order valence-electron chi connectivity index (χ3n) is 2.85. The van der Waals surface area contributed by atoms with Gasteiger partial charge in [-0.25, -0.2) is 0 Å². The van der Waals surface area contributed by atoms with E-state index in [-0.39, 0.29) is 11.6 Å². The zero-order valence-electron chi connectivity index (χ0n) is 9.85. The van der Waals surface area contributed by atoms with E-state index < -0.39 is 0 Å². The van der Waals surface area contributed by atoms with E-state index in [2.05, 4.69) is 70.0 Å². The van der Waals surface area contributed by atoms with Crippen molar-refractivity contribution in [3.63, 3.8) is 0 Å². The minimum absolute atomic E-state index is 0.180. The molecule has 0 amide bonds. The highest BCUT2D eigenvalue weighted by Gasteiger charge is 2.22. The molecule has 0 heterocycles. The third kappa shape index (κ3) is 7.64. The Labute approximate surface area is 112 Å². The Morgan fingerprint density at radius 1 is 1.29 bits per heavy atom. The fourth-order valence-electron chi connectivity index (χ4n) is 0.962. The van der Waals surface area contributed by atoms with Crippen LogP contribution in [0.5, 0.6) is 0 Å². The summed E-state index contributed by atoms with van der Waals surface area (Å²) >= 11 is 4.24. The van der Waals surface area contributed by atoms with E-state index in [1.165, 1.54) is 0 Å². The Balaban J connectivity index is 0. The molecule has 2 nitrogen and oxygen atoms in total. The maximum absolute atomic E-state index is 9.45. The van der Waals surface area contributed by atoms with Crippen molar-refractivity contribution in [3.8, 4) is 0 Å². The molecule has 0 spiro atoms. The number of hydrogen-bond acceptors (Lipinski definition) is 2. The van der Waals surface area contributed by atoms with Crippen LogP contribution < -0.4 is 0 Å². The highest BCUT2D eigenvalue weighted by molar-refractivity contribution is 15.0. The molecule has 0 bridgehead atoms. The highest BCUT2D eigenvalue weighted by Crippen LogP contribution is 2.16. The Morgan fingerprint density at radius 2 is 1.71 bits per heavy atom. The van der Waals surface area contributed by atoms with Crippen LogP contribution in [0.2, 0.25) is 0 Å². The summed E-state index contributed by atoms with van der Waals surface area (Å²) in [6, 6.07) is 0. The summed E-state index contributed by atoms with van der Waals surface area (Å²) in [6.07, 6.45) is 1.77. The van der Waals surface area contributed by atoms with Crippen LogP contribution in [0.4, 0.5) is 0 Å². The molecule has 4 heteroatoms. The summed E-state index contributed by atoms with van der Waals surface area (Å²) in [7, 11) is 2.07. The number of likely N-dealkylation sites (N-methyl/N-ethyl adjacent to an activating group) is 1. The molecular weight excluding hydrogens is 404 g/mol. The van der Waals surface area contributed by atoms with Crippen molar-refractivity contribution in [2.45, 2.75) is 52.2 Å². The van der Waals surface area contributed by atoms with Gasteiger partial charge in [-0.3, -0.25) is 4.90 Å². The molecule has 0 rings (SSSR count). The first-order valence-electron chi connectivity index (χ1n) is 4.97. The van der Waals surface area contributed by atoms with Crippen LogP contribution in [0, 0.1) is 0 Å². The van der Waals surface area contributed by atoms with Crippen LogP contribution in [0.1, 0.15) is 40.5 Å². The summed E-state index contributed by atoms with van der Waals surface area (Å²) in [6.45, 7) is 9.37. The molecule has 0 aromatic carbocycles. The van der Waals surface area contributed by atoms with Crippen LogP contribution >= 0.6 is 37.2 Å². The predicted octanol–water partition coefficient (Wildman–Crippen LogP) is 3.65. The van der Waals surface area contributed by atoms with Gasteiger partial charge >= 0.3 is 0 Å². The van der Waals surface area contributed by atoms with Crippen LogP contribution in [0.15, 0.2) is 0 Å². The molecule has 0 fully saturated rings. The predicted molar refractivity (Wildman–Crippen MR) is 81.3 cm³/mol. The minimum atomic E-state index is -0.180. The van der Waals surface area contributed by atoms with Crippen molar-refractivity contribution >= 4 is 37.2 Å². The van der Waals surface area contributed by atoms with Gasteiger partial charge in [0.1, 0.15) is 0 Å². The van der Waals surface area contributed by atoms with E-state index in [0.29, 0.717) is 0 Å². The molecule has 0 aromatic rings. The monoisotopic (exact) mass is 427 g/mol. The van der Waals surface area contributed by atoms with Gasteiger partial charge in [0, 0.05) is 49.3 Å². The van der Waals surface area contributed by atoms with Crippen LogP contribution in [-0.4, -0.2) is 35.2 Å². The quantitative estimate of drug-likeness (QED) is 0.678. The standard InChI is InChI=1S/C10H23NO.I2/c1-6-9(12)8-11(5)10(3,4)7-2;1-2/h9,12H,6-8H2,1-5H3;/t9-;/m1./s1. The lowest BCUT2D eigenvalue weighted by molar-refractivity contribution is 0.0670. The zero-order valence-corrected chi connectivity index (χ0v) is 14.2. The molecule has 0 aromatic heterocycles. The van der Waals surface area contributed by atoms with E-state index in [9.17, 15) is 5.11 Å². The molecule has 0 aliphatic carbocycles. The molecule has 1 N–H and O–H groups in total. The van der Waals surface area contributed by atoms with E-state index >= 15 is 0 Å². The van der Waals surface area contributed by atoms with Crippen LogP contribution in [-0.2, 0) is 0 Å². The molecule has 0 radical (unpaired) electrons. The Morgan fingerprint density at radius 3 is 2.00 bits per heavy atom. The van der Waals surface area contributed by atoms with Crippen LogP contribution in [0.3, 0.4) is 0 Å². The van der Waals surface area contributed by atoms with Crippen molar-refractivity contribution in [1.29, 1.82) is 0 Å². The van der Waals surface area contributed by atoms with Crippen molar-refractivity contribution in [3.05, 3.63) is 0 Å². The van der Waals surface area contributed by atoms with Crippen molar-refractivity contribution in [2.24, 2.45) is 0 Å². The van der Waals surface area contributed by atoms with Gasteiger partial charge in [0.2, 0.25) is 0 Å². The second-order valence-electron chi connectivity index (χ2n) is 4.11. The molecule has 14 heavy (non-hydrogen) atoms. The third-order valence-corrected chi connectivity index (χ3v) is 2.85. The first-order chi connectivity index (χ1) is 6.44. The van der Waals surface area contributed by atoms with Gasteiger partial charge in [-0.05, 0) is 33.7 Å². The minimum Gasteiger partial charge on any atom is -0.392 e. The van der Waals surface area contributed by atoms with Crippen LogP contribution in [0.25, 0.3) is 0 Å². The van der Waals surface area contributed by atoms with Crippen molar-refractivity contribution < 1.29 is 5.11 Å². The fourth-order valence-corrected chi connectivity index (χ4v) is 0.962. The SMILES string of the molecule is CC[C@@H](O)CN(C)C(C)(C)CC.II. The molecule has 1 atom stereocenters. The second kappa shape index (κ2) is 9.59. The van der Waals surface area contributed by atoms with E-state index in [0.717, 1.165) is 19.4 Å². The number of nitrogens with zero attached hydrogens (tertiary/aromatic N) is 1. The highest BCUT2D eigenvalue weighted by atomic mass is 128. The normalized spacial score (nSPS) is 13.5. The van der Waals surface area contributed by atoms with E-state index in [4.69, 9.17) is 0 Å². The van der Waals surface area contributed by atoms with Gasteiger partial charge in [-0.2, -0.15) is 0 Å². The smallest absolute Gasteiger partial charge is 0.0664 e. The average Bonchev–Trinajstić information content (AvgIpc) is 2.20. The molecule has 0 unspecified atom stereocenters. The summed E-state index contributed by atoms with van der Waals surface area (Å²) < 4.78 is 0. The molecule has 88 valence electrons. The lowest BCUT2D eigenvalue weighted by Crippen LogP contribution is -2.44. The van der Waals surface area contributed by atoms with Crippen molar-refractivity contribution in [2.75, 3.05) is 13.6 Å². The lowest BCUT2D eigenvalue weighted by Gasteiger charge is -2.35. The van der Waals surface area contributed by atoms with Gasteiger partial charge in [0.15, 0.2) is 0 Å². The maximum atomic E-state index is 9.45. The average molecular weight is 427 g/mol. The number of halogens is 2. The van der Waals surface area contributed by atoms with Gasteiger partial charge in [-0.1, -0.05) is 13.8 Å². The van der Waals surface area contributed by atoms with Gasteiger partial charge < -0.3 is 5.11 Å². The molecule has 0 aliphatic rings. The van der Waals surface area contributed by atoms with Gasteiger partial charge in [0.25, 0.3) is 0 Å².